The van der Waals surface area contributed by atoms with Gasteiger partial charge in [0.2, 0.25) is 0 Å². The van der Waals surface area contributed by atoms with Crippen molar-refractivity contribution in [2.75, 3.05) is 26.3 Å². The maximum Gasteiger partial charge on any atom is 0.0590 e. The van der Waals surface area contributed by atoms with Crippen LogP contribution in [-0.4, -0.2) is 26.3 Å². The average Bonchev–Trinajstić information content (AvgIpc) is 2.97. The number of unbranched alkanes of at least 4 members (excludes halogenated alkanes) is 24. The first kappa shape index (κ1) is 39.4. The molecule has 0 bridgehead atoms. The van der Waals surface area contributed by atoms with Crippen molar-refractivity contribution in [1.29, 1.82) is 0 Å². The zero-order chi connectivity index (χ0) is 28.9. The molecule has 0 rings (SSSR count). The molecule has 0 spiro atoms. The van der Waals surface area contributed by atoms with Gasteiger partial charge in [0.05, 0.1) is 6.61 Å². The van der Waals surface area contributed by atoms with Crippen LogP contribution < -0.4 is 5.32 Å². The summed E-state index contributed by atoms with van der Waals surface area (Å²) in [6.07, 6.45) is 48.1. The molecule has 0 unspecified atom stereocenters. The Morgan fingerprint density at radius 2 is 0.700 bits per heavy atom. The van der Waals surface area contributed by atoms with Crippen LogP contribution in [0, 0.1) is 0 Å². The summed E-state index contributed by atoms with van der Waals surface area (Å²) in [4.78, 5) is 0. The van der Waals surface area contributed by atoms with Crippen LogP contribution in [0.2, 0.25) is 0 Å². The molecule has 0 heterocycles. The van der Waals surface area contributed by atoms with E-state index < -0.39 is 0 Å². The van der Waals surface area contributed by atoms with E-state index in [2.05, 4.69) is 43.5 Å². The van der Waals surface area contributed by atoms with Gasteiger partial charge in [0.1, 0.15) is 0 Å². The molecule has 0 aliphatic rings. The van der Waals surface area contributed by atoms with Crippen molar-refractivity contribution in [3.05, 3.63) is 24.3 Å². The summed E-state index contributed by atoms with van der Waals surface area (Å²) >= 11 is 0. The summed E-state index contributed by atoms with van der Waals surface area (Å²) in [6.45, 7) is 8.56. The predicted octanol–water partition coefficient (Wildman–Crippen LogP) is 12.7. The first-order valence-corrected chi connectivity index (χ1v) is 18.5. The molecule has 0 fully saturated rings. The van der Waals surface area contributed by atoms with E-state index in [4.69, 9.17) is 4.74 Å². The molecule has 0 amide bonds. The molecule has 0 aromatic heterocycles. The number of allylic oxidation sites excluding steroid dienone is 4. The molecule has 0 atom stereocenters. The zero-order valence-electron chi connectivity index (χ0n) is 27.8. The van der Waals surface area contributed by atoms with Gasteiger partial charge < -0.3 is 10.1 Å². The lowest BCUT2D eigenvalue weighted by Gasteiger charge is -2.06. The van der Waals surface area contributed by atoms with Gasteiger partial charge in [0.25, 0.3) is 0 Å². The molecular formula is C38H75NO. The van der Waals surface area contributed by atoms with E-state index in [0.29, 0.717) is 0 Å². The minimum Gasteiger partial charge on any atom is -0.380 e. The lowest BCUT2D eigenvalue weighted by atomic mass is 10.1. The molecule has 0 radical (unpaired) electrons. The van der Waals surface area contributed by atoms with Crippen molar-refractivity contribution < 1.29 is 4.74 Å². The molecule has 0 saturated heterocycles. The monoisotopic (exact) mass is 562 g/mol. The van der Waals surface area contributed by atoms with Crippen molar-refractivity contribution in [1.82, 2.24) is 5.32 Å². The number of ether oxygens (including phenoxy) is 1. The number of rotatable bonds is 35. The fourth-order valence-electron chi connectivity index (χ4n) is 5.32. The Labute approximate surface area is 254 Å². The predicted molar refractivity (Wildman–Crippen MR) is 183 cm³/mol. The quantitative estimate of drug-likeness (QED) is 0.0613. The Kier molecular flexibility index (Phi) is 37.8. The van der Waals surface area contributed by atoms with E-state index >= 15 is 0 Å². The maximum atomic E-state index is 5.81. The highest BCUT2D eigenvalue weighted by Crippen LogP contribution is 2.11. The van der Waals surface area contributed by atoms with Crippen LogP contribution in [0.4, 0.5) is 0 Å². The maximum absolute atomic E-state index is 5.81. The summed E-state index contributed by atoms with van der Waals surface area (Å²) < 4.78 is 5.81. The van der Waals surface area contributed by atoms with Gasteiger partial charge in [0, 0.05) is 13.2 Å². The van der Waals surface area contributed by atoms with Crippen LogP contribution in [0.5, 0.6) is 0 Å². The summed E-state index contributed by atoms with van der Waals surface area (Å²) in [5.41, 5.74) is 0. The van der Waals surface area contributed by atoms with Gasteiger partial charge >= 0.3 is 0 Å². The molecule has 0 aromatic carbocycles. The van der Waals surface area contributed by atoms with Crippen LogP contribution in [-0.2, 0) is 4.74 Å². The first-order chi connectivity index (χ1) is 19.9. The summed E-state index contributed by atoms with van der Waals surface area (Å²) in [7, 11) is 0. The van der Waals surface area contributed by atoms with E-state index in [1.165, 1.54) is 180 Å². The molecular weight excluding hydrogens is 486 g/mol. The number of hydrogen-bond acceptors (Lipinski definition) is 2. The molecule has 0 aliphatic heterocycles. The van der Waals surface area contributed by atoms with E-state index in [0.717, 1.165) is 26.3 Å². The Morgan fingerprint density at radius 3 is 1.12 bits per heavy atom. The second-order valence-corrected chi connectivity index (χ2v) is 12.2. The molecule has 40 heavy (non-hydrogen) atoms. The molecule has 238 valence electrons. The van der Waals surface area contributed by atoms with Gasteiger partial charge in [-0.05, 0) is 70.8 Å². The summed E-state index contributed by atoms with van der Waals surface area (Å²) in [5.74, 6) is 0. The van der Waals surface area contributed by atoms with Crippen molar-refractivity contribution in [3.8, 4) is 0 Å². The van der Waals surface area contributed by atoms with Crippen LogP contribution in [0.3, 0.4) is 0 Å². The molecule has 0 aromatic rings. The van der Waals surface area contributed by atoms with Gasteiger partial charge in [0.15, 0.2) is 0 Å². The highest BCUT2D eigenvalue weighted by Gasteiger charge is 1.95. The minimum absolute atomic E-state index is 0.872. The van der Waals surface area contributed by atoms with Gasteiger partial charge in [-0.15, -0.1) is 0 Å². The van der Waals surface area contributed by atoms with Crippen LogP contribution in [0.25, 0.3) is 0 Å². The smallest absolute Gasteiger partial charge is 0.0590 e. The third kappa shape index (κ3) is 37.4. The van der Waals surface area contributed by atoms with Crippen molar-refractivity contribution in [2.24, 2.45) is 0 Å². The van der Waals surface area contributed by atoms with Gasteiger partial charge in [-0.2, -0.15) is 0 Å². The fourth-order valence-corrected chi connectivity index (χ4v) is 5.32. The number of nitrogens with one attached hydrogen (secondary N) is 1. The normalized spacial score (nSPS) is 11.9. The molecule has 0 saturated carbocycles. The largest absolute Gasteiger partial charge is 0.380 e. The molecule has 1 N–H and O–H groups in total. The molecule has 2 heteroatoms. The average molecular weight is 562 g/mol. The van der Waals surface area contributed by atoms with Gasteiger partial charge in [-0.25, -0.2) is 0 Å². The summed E-state index contributed by atoms with van der Waals surface area (Å²) in [5, 5.41) is 3.55. The van der Waals surface area contributed by atoms with E-state index in [9.17, 15) is 0 Å². The Hall–Kier alpha value is -0.600. The van der Waals surface area contributed by atoms with Crippen molar-refractivity contribution in [2.45, 2.75) is 194 Å². The van der Waals surface area contributed by atoms with Crippen LogP contribution in [0.1, 0.15) is 194 Å². The first-order valence-electron chi connectivity index (χ1n) is 18.5. The Morgan fingerprint density at radius 1 is 0.350 bits per heavy atom. The third-order valence-corrected chi connectivity index (χ3v) is 8.09. The van der Waals surface area contributed by atoms with E-state index in [1.54, 1.807) is 0 Å². The van der Waals surface area contributed by atoms with Gasteiger partial charge in [-0.1, -0.05) is 154 Å². The highest BCUT2D eigenvalue weighted by atomic mass is 16.5. The third-order valence-electron chi connectivity index (χ3n) is 8.09. The van der Waals surface area contributed by atoms with Crippen LogP contribution in [0.15, 0.2) is 24.3 Å². The standard InChI is InChI=1S/C38H75NO/c1-3-5-7-9-11-13-15-17-19-21-23-25-27-29-31-33-35-39-36-38-40-37-34-32-30-28-26-24-22-20-18-16-14-12-10-8-6-4-2/h17-20,39H,3-16,21-38H2,1-2H3/b19-17-,20-18-. The lowest BCUT2D eigenvalue weighted by molar-refractivity contribution is 0.131. The zero-order valence-corrected chi connectivity index (χ0v) is 27.8. The number of hydrogen-bond donors (Lipinski definition) is 1. The van der Waals surface area contributed by atoms with E-state index in [1.807, 2.05) is 0 Å². The van der Waals surface area contributed by atoms with E-state index in [-0.39, 0.29) is 0 Å². The van der Waals surface area contributed by atoms with Crippen LogP contribution >= 0.6 is 0 Å². The SMILES string of the molecule is CCCCCCCC/C=C\CCCCCCCCNCCOCCCCCCCC/C=C\CCCCCCCC. The Bertz CT molecular complexity index is 442. The van der Waals surface area contributed by atoms with Crippen molar-refractivity contribution >= 4 is 0 Å². The fraction of sp³-hybridized carbons (Fsp3) is 0.895. The topological polar surface area (TPSA) is 21.3 Å². The Balaban J connectivity index is 3.09. The summed E-state index contributed by atoms with van der Waals surface area (Å²) in [6, 6.07) is 0. The highest BCUT2D eigenvalue weighted by molar-refractivity contribution is 4.82. The second kappa shape index (κ2) is 38.4. The minimum atomic E-state index is 0.872. The van der Waals surface area contributed by atoms with Gasteiger partial charge in [-0.3, -0.25) is 0 Å². The van der Waals surface area contributed by atoms with Crippen molar-refractivity contribution in [3.63, 3.8) is 0 Å². The lowest BCUT2D eigenvalue weighted by Crippen LogP contribution is -2.21. The molecule has 0 aliphatic carbocycles. The molecule has 2 nitrogen and oxygen atoms in total. The second-order valence-electron chi connectivity index (χ2n) is 12.2.